The number of halogens is 1. The molecule has 16 heavy (non-hydrogen) atoms. The quantitative estimate of drug-likeness (QED) is 0.798. The monoisotopic (exact) mass is 217 g/mol. The van der Waals surface area contributed by atoms with Crippen LogP contribution in [-0.2, 0) is 6.54 Å². The summed E-state index contributed by atoms with van der Waals surface area (Å²) in [5.41, 5.74) is 0.416. The summed E-state index contributed by atoms with van der Waals surface area (Å²) in [6.45, 7) is 4.29. The van der Waals surface area contributed by atoms with Crippen molar-refractivity contribution in [2.75, 3.05) is 5.32 Å². The van der Waals surface area contributed by atoms with Crippen LogP contribution in [0.5, 0.6) is 0 Å². The van der Waals surface area contributed by atoms with Crippen molar-refractivity contribution >= 4 is 11.6 Å². The van der Waals surface area contributed by atoms with Crippen LogP contribution in [0.1, 0.15) is 0 Å². The number of aromatic nitrogens is 2. The second kappa shape index (κ2) is 4.61. The fraction of sp³-hybridized carbons (Fsp3) is 0.0833. The highest BCUT2D eigenvalue weighted by molar-refractivity contribution is 5.54. The first-order valence-electron chi connectivity index (χ1n) is 4.95. The van der Waals surface area contributed by atoms with Crippen LogP contribution in [0.3, 0.4) is 0 Å². The fourth-order valence-corrected chi connectivity index (χ4v) is 1.40. The van der Waals surface area contributed by atoms with E-state index in [2.05, 4.69) is 16.9 Å². The molecule has 2 aromatic rings. The van der Waals surface area contributed by atoms with E-state index in [-0.39, 0.29) is 5.82 Å². The van der Waals surface area contributed by atoms with E-state index in [4.69, 9.17) is 0 Å². The maximum atomic E-state index is 13.4. The Labute approximate surface area is 93.2 Å². The molecule has 1 heterocycles. The lowest BCUT2D eigenvalue weighted by molar-refractivity contribution is 0.631. The summed E-state index contributed by atoms with van der Waals surface area (Å²) in [6.07, 6.45) is 5.23. The summed E-state index contributed by atoms with van der Waals surface area (Å²) in [5.74, 6) is 0.306. The number of nitrogens with zero attached hydrogens (tertiary/aromatic N) is 2. The molecule has 0 saturated carbocycles. The highest BCUT2D eigenvalue weighted by Crippen LogP contribution is 2.17. The predicted molar refractivity (Wildman–Crippen MR) is 62.1 cm³/mol. The van der Waals surface area contributed by atoms with Gasteiger partial charge in [-0.25, -0.2) is 9.37 Å². The van der Waals surface area contributed by atoms with Crippen LogP contribution >= 0.6 is 0 Å². The first kappa shape index (κ1) is 10.4. The minimum atomic E-state index is -0.296. The number of anilines is 2. The first-order chi connectivity index (χ1) is 7.81. The van der Waals surface area contributed by atoms with Gasteiger partial charge in [0.25, 0.3) is 0 Å². The second-order valence-corrected chi connectivity index (χ2v) is 3.30. The number of hydrogen-bond donors (Lipinski definition) is 1. The van der Waals surface area contributed by atoms with E-state index < -0.39 is 0 Å². The minimum Gasteiger partial charge on any atom is -0.323 e. The van der Waals surface area contributed by atoms with E-state index in [0.717, 1.165) is 0 Å². The Bertz CT molecular complexity index is 491. The molecule has 0 aliphatic heterocycles. The van der Waals surface area contributed by atoms with E-state index in [0.29, 0.717) is 18.2 Å². The average Bonchev–Trinajstić information content (AvgIpc) is 2.70. The summed E-state index contributed by atoms with van der Waals surface area (Å²) >= 11 is 0. The normalized spacial score (nSPS) is 10.1. The van der Waals surface area contributed by atoms with Crippen molar-refractivity contribution in [3.63, 3.8) is 0 Å². The fourth-order valence-electron chi connectivity index (χ4n) is 1.40. The van der Waals surface area contributed by atoms with Crippen molar-refractivity contribution in [1.29, 1.82) is 0 Å². The van der Waals surface area contributed by atoms with Crippen molar-refractivity contribution in [1.82, 2.24) is 9.55 Å². The predicted octanol–water partition coefficient (Wildman–Crippen LogP) is 2.95. The maximum Gasteiger partial charge on any atom is 0.207 e. The van der Waals surface area contributed by atoms with Crippen LogP contribution in [0.15, 0.2) is 49.3 Å². The Morgan fingerprint density at radius 2 is 2.25 bits per heavy atom. The Hall–Kier alpha value is -2.10. The molecule has 0 aliphatic carbocycles. The third-order valence-electron chi connectivity index (χ3n) is 2.16. The zero-order chi connectivity index (χ0) is 11.4. The van der Waals surface area contributed by atoms with Gasteiger partial charge in [0.2, 0.25) is 5.95 Å². The minimum absolute atomic E-state index is 0.296. The van der Waals surface area contributed by atoms with E-state index in [1.807, 2.05) is 10.8 Å². The molecule has 2 rings (SSSR count). The summed E-state index contributed by atoms with van der Waals surface area (Å²) < 4.78 is 15.2. The molecule has 1 N–H and O–H groups in total. The molecular formula is C12H12FN3. The van der Waals surface area contributed by atoms with E-state index >= 15 is 0 Å². The lowest BCUT2D eigenvalue weighted by Crippen LogP contribution is -2.02. The Morgan fingerprint density at radius 3 is 3.00 bits per heavy atom. The molecule has 0 aliphatic rings. The topological polar surface area (TPSA) is 29.9 Å². The molecule has 82 valence electrons. The van der Waals surface area contributed by atoms with Crippen molar-refractivity contribution < 1.29 is 4.39 Å². The average molecular weight is 217 g/mol. The number of allylic oxidation sites excluding steroid dienone is 1. The highest BCUT2D eigenvalue weighted by atomic mass is 19.1. The van der Waals surface area contributed by atoms with Crippen LogP contribution in [-0.4, -0.2) is 9.55 Å². The van der Waals surface area contributed by atoms with E-state index in [1.165, 1.54) is 6.07 Å². The Morgan fingerprint density at radius 1 is 1.44 bits per heavy atom. The van der Waals surface area contributed by atoms with Crippen LogP contribution in [0.2, 0.25) is 0 Å². The van der Waals surface area contributed by atoms with Gasteiger partial charge >= 0.3 is 0 Å². The molecule has 0 atom stereocenters. The van der Waals surface area contributed by atoms with Gasteiger partial charge in [-0.05, 0) is 12.1 Å². The van der Waals surface area contributed by atoms with E-state index in [9.17, 15) is 4.39 Å². The summed E-state index contributed by atoms with van der Waals surface area (Å²) in [6, 6.07) is 6.49. The number of benzene rings is 1. The summed E-state index contributed by atoms with van der Waals surface area (Å²) in [7, 11) is 0. The molecule has 1 aromatic carbocycles. The van der Waals surface area contributed by atoms with Crippen LogP contribution < -0.4 is 5.32 Å². The van der Waals surface area contributed by atoms with Gasteiger partial charge in [-0.2, -0.15) is 0 Å². The van der Waals surface area contributed by atoms with Gasteiger partial charge in [0.1, 0.15) is 5.82 Å². The number of rotatable bonds is 4. The van der Waals surface area contributed by atoms with Gasteiger partial charge < -0.3 is 9.88 Å². The first-order valence-corrected chi connectivity index (χ1v) is 4.95. The third kappa shape index (κ3) is 2.11. The largest absolute Gasteiger partial charge is 0.323 e. The third-order valence-corrected chi connectivity index (χ3v) is 2.16. The van der Waals surface area contributed by atoms with Crippen molar-refractivity contribution in [3.05, 3.63) is 55.1 Å². The molecule has 1 aromatic heterocycles. The number of para-hydroxylation sites is 1. The Kier molecular flexibility index (Phi) is 3.00. The molecular weight excluding hydrogens is 205 g/mol. The number of nitrogens with one attached hydrogen (secondary N) is 1. The Balaban J connectivity index is 2.23. The molecule has 0 radical (unpaired) electrons. The molecule has 3 nitrogen and oxygen atoms in total. The van der Waals surface area contributed by atoms with Crippen molar-refractivity contribution in [3.8, 4) is 0 Å². The maximum absolute atomic E-state index is 13.4. The molecule has 0 bridgehead atoms. The smallest absolute Gasteiger partial charge is 0.207 e. The van der Waals surface area contributed by atoms with Gasteiger partial charge in [-0.1, -0.05) is 18.2 Å². The highest BCUT2D eigenvalue weighted by Gasteiger charge is 2.04. The van der Waals surface area contributed by atoms with Crippen LogP contribution in [0, 0.1) is 5.82 Å². The molecule has 0 fully saturated rings. The molecule has 0 amide bonds. The zero-order valence-corrected chi connectivity index (χ0v) is 8.73. The summed E-state index contributed by atoms with van der Waals surface area (Å²) in [4.78, 5) is 4.11. The zero-order valence-electron chi connectivity index (χ0n) is 8.73. The number of hydrogen-bond acceptors (Lipinski definition) is 2. The molecule has 0 saturated heterocycles. The van der Waals surface area contributed by atoms with Crippen molar-refractivity contribution in [2.45, 2.75) is 6.54 Å². The lowest BCUT2D eigenvalue weighted by atomic mass is 10.3. The van der Waals surface area contributed by atoms with Crippen molar-refractivity contribution in [2.24, 2.45) is 0 Å². The summed E-state index contributed by atoms with van der Waals surface area (Å²) in [5, 5.41) is 2.93. The molecule has 0 unspecified atom stereocenters. The lowest BCUT2D eigenvalue weighted by Gasteiger charge is -2.08. The second-order valence-electron chi connectivity index (χ2n) is 3.30. The standard InChI is InChI=1S/C12H12FN3/c1-2-8-16-9-7-14-12(16)15-11-6-4-3-5-10(11)13/h2-7,9H,1,8H2,(H,14,15). The van der Waals surface area contributed by atoms with Gasteiger partial charge in [-0.15, -0.1) is 6.58 Å². The van der Waals surface area contributed by atoms with Gasteiger partial charge in [0.15, 0.2) is 0 Å². The molecule has 0 spiro atoms. The van der Waals surface area contributed by atoms with E-state index in [1.54, 1.807) is 30.5 Å². The van der Waals surface area contributed by atoms with Crippen LogP contribution in [0.4, 0.5) is 16.0 Å². The van der Waals surface area contributed by atoms with Crippen LogP contribution in [0.25, 0.3) is 0 Å². The van der Waals surface area contributed by atoms with Gasteiger partial charge in [-0.3, -0.25) is 0 Å². The molecule has 4 heteroatoms. The van der Waals surface area contributed by atoms with Gasteiger partial charge in [0, 0.05) is 18.9 Å². The van der Waals surface area contributed by atoms with Gasteiger partial charge in [0.05, 0.1) is 5.69 Å². The number of imidazole rings is 1. The SMILES string of the molecule is C=CCn1ccnc1Nc1ccccc1F.